The first-order valence-corrected chi connectivity index (χ1v) is 5.29. The number of carboxylic acids is 1. The lowest BCUT2D eigenvalue weighted by molar-refractivity contribution is -0.138. The monoisotopic (exact) mass is 198 g/mol. The summed E-state index contributed by atoms with van der Waals surface area (Å²) in [6.07, 6.45) is 4.52. The van der Waals surface area contributed by atoms with Gasteiger partial charge in [-0.25, -0.2) is 0 Å². The van der Waals surface area contributed by atoms with E-state index in [2.05, 4.69) is 0 Å². The van der Waals surface area contributed by atoms with E-state index in [4.69, 9.17) is 10.8 Å². The van der Waals surface area contributed by atoms with Gasteiger partial charge in [0.15, 0.2) is 0 Å². The third-order valence-electron chi connectivity index (χ3n) is 3.62. The molecule has 0 unspecified atom stereocenters. The molecule has 0 amide bonds. The number of hydrogen-bond acceptors (Lipinski definition) is 3. The SMILES string of the molecule is N[C@H]1CC[C@@]2(CCN(CC(=O)O)C2)C1. The molecule has 80 valence electrons. The van der Waals surface area contributed by atoms with Gasteiger partial charge >= 0.3 is 5.97 Å². The molecular weight excluding hydrogens is 180 g/mol. The minimum absolute atomic E-state index is 0.191. The minimum Gasteiger partial charge on any atom is -0.480 e. The molecule has 2 atom stereocenters. The number of nitrogens with zero attached hydrogens (tertiary/aromatic N) is 1. The van der Waals surface area contributed by atoms with Gasteiger partial charge in [0.1, 0.15) is 0 Å². The summed E-state index contributed by atoms with van der Waals surface area (Å²) in [7, 11) is 0. The van der Waals surface area contributed by atoms with Crippen molar-refractivity contribution >= 4 is 5.97 Å². The van der Waals surface area contributed by atoms with E-state index in [-0.39, 0.29) is 6.54 Å². The maximum absolute atomic E-state index is 10.6. The zero-order chi connectivity index (χ0) is 10.2. The molecule has 1 saturated heterocycles. The fourth-order valence-corrected chi connectivity index (χ4v) is 2.98. The first kappa shape index (κ1) is 9.93. The Balaban J connectivity index is 1.91. The Bertz CT molecular complexity index is 244. The lowest BCUT2D eigenvalue weighted by atomic mass is 9.85. The highest BCUT2D eigenvalue weighted by Crippen LogP contribution is 2.44. The standard InChI is InChI=1S/C10H18N2O2/c11-8-1-2-10(5-8)3-4-12(7-10)6-9(13)14/h8H,1-7,11H2,(H,13,14)/t8-,10+/m0/s1. The smallest absolute Gasteiger partial charge is 0.317 e. The Labute approximate surface area is 84.1 Å². The molecule has 1 aliphatic carbocycles. The van der Waals surface area contributed by atoms with Crippen LogP contribution in [0.25, 0.3) is 0 Å². The summed E-state index contributed by atoms with van der Waals surface area (Å²) in [4.78, 5) is 12.6. The molecule has 2 aliphatic rings. The van der Waals surface area contributed by atoms with Crippen molar-refractivity contribution in [3.05, 3.63) is 0 Å². The Kier molecular flexibility index (Phi) is 2.49. The second-order valence-electron chi connectivity index (χ2n) is 4.86. The predicted molar refractivity (Wildman–Crippen MR) is 53.0 cm³/mol. The first-order valence-electron chi connectivity index (χ1n) is 5.29. The van der Waals surface area contributed by atoms with E-state index in [0.717, 1.165) is 32.4 Å². The van der Waals surface area contributed by atoms with E-state index in [1.165, 1.54) is 6.42 Å². The Morgan fingerprint density at radius 1 is 1.57 bits per heavy atom. The summed E-state index contributed by atoms with van der Waals surface area (Å²) in [5, 5.41) is 8.69. The molecule has 4 heteroatoms. The van der Waals surface area contributed by atoms with Gasteiger partial charge in [0.25, 0.3) is 0 Å². The van der Waals surface area contributed by atoms with Gasteiger partial charge in [-0.05, 0) is 37.6 Å². The fraction of sp³-hybridized carbons (Fsp3) is 0.900. The van der Waals surface area contributed by atoms with E-state index < -0.39 is 5.97 Å². The quantitative estimate of drug-likeness (QED) is 0.668. The zero-order valence-corrected chi connectivity index (χ0v) is 8.41. The number of carboxylic acid groups (broad SMARTS) is 1. The van der Waals surface area contributed by atoms with Crippen LogP contribution in [0.1, 0.15) is 25.7 Å². The Hall–Kier alpha value is -0.610. The van der Waals surface area contributed by atoms with Crippen molar-refractivity contribution in [1.29, 1.82) is 0 Å². The third-order valence-corrected chi connectivity index (χ3v) is 3.62. The van der Waals surface area contributed by atoms with Crippen LogP contribution in [0.4, 0.5) is 0 Å². The first-order chi connectivity index (χ1) is 6.60. The van der Waals surface area contributed by atoms with Gasteiger partial charge in [0.2, 0.25) is 0 Å². The van der Waals surface area contributed by atoms with Crippen molar-refractivity contribution in [2.45, 2.75) is 31.7 Å². The molecule has 2 rings (SSSR count). The molecule has 1 spiro atoms. The number of carbonyl (C=O) groups is 1. The van der Waals surface area contributed by atoms with Gasteiger partial charge in [-0.15, -0.1) is 0 Å². The number of aliphatic carboxylic acids is 1. The number of rotatable bonds is 2. The summed E-state index contributed by atoms with van der Waals surface area (Å²) in [6, 6.07) is 0.347. The van der Waals surface area contributed by atoms with Crippen molar-refractivity contribution in [3.8, 4) is 0 Å². The molecule has 1 saturated carbocycles. The third kappa shape index (κ3) is 1.91. The zero-order valence-electron chi connectivity index (χ0n) is 8.41. The van der Waals surface area contributed by atoms with Crippen LogP contribution in [0.2, 0.25) is 0 Å². The minimum atomic E-state index is -0.718. The van der Waals surface area contributed by atoms with Crippen LogP contribution in [0.15, 0.2) is 0 Å². The second kappa shape index (κ2) is 3.51. The molecule has 1 heterocycles. The number of hydrogen-bond donors (Lipinski definition) is 2. The maximum atomic E-state index is 10.6. The highest BCUT2D eigenvalue weighted by molar-refractivity contribution is 5.69. The van der Waals surface area contributed by atoms with E-state index in [1.54, 1.807) is 0 Å². The molecule has 0 aromatic carbocycles. The molecular formula is C10H18N2O2. The number of likely N-dealkylation sites (tertiary alicyclic amines) is 1. The topological polar surface area (TPSA) is 66.6 Å². The van der Waals surface area contributed by atoms with Crippen molar-refractivity contribution < 1.29 is 9.90 Å². The summed E-state index contributed by atoms with van der Waals surface area (Å²) in [6.45, 7) is 2.06. The van der Waals surface area contributed by atoms with E-state index in [0.29, 0.717) is 11.5 Å². The molecule has 2 fully saturated rings. The molecule has 1 aliphatic heterocycles. The van der Waals surface area contributed by atoms with Gasteiger partial charge in [-0.1, -0.05) is 0 Å². The summed E-state index contributed by atoms with van der Waals surface area (Å²) < 4.78 is 0. The van der Waals surface area contributed by atoms with Crippen molar-refractivity contribution in [3.63, 3.8) is 0 Å². The van der Waals surface area contributed by atoms with Crippen LogP contribution in [0.5, 0.6) is 0 Å². The van der Waals surface area contributed by atoms with Crippen LogP contribution >= 0.6 is 0 Å². The van der Waals surface area contributed by atoms with Crippen molar-refractivity contribution in [1.82, 2.24) is 4.90 Å². The van der Waals surface area contributed by atoms with Crippen LogP contribution in [-0.4, -0.2) is 41.7 Å². The van der Waals surface area contributed by atoms with Crippen LogP contribution < -0.4 is 5.73 Å². The highest BCUT2D eigenvalue weighted by Gasteiger charge is 2.43. The van der Waals surface area contributed by atoms with Crippen LogP contribution in [-0.2, 0) is 4.79 Å². The van der Waals surface area contributed by atoms with E-state index in [9.17, 15) is 4.79 Å². The van der Waals surface area contributed by atoms with Gasteiger partial charge in [-0.3, -0.25) is 9.69 Å². The Morgan fingerprint density at radius 3 is 2.93 bits per heavy atom. The van der Waals surface area contributed by atoms with Gasteiger partial charge in [-0.2, -0.15) is 0 Å². The molecule has 3 N–H and O–H groups in total. The lowest BCUT2D eigenvalue weighted by Gasteiger charge is -2.23. The second-order valence-corrected chi connectivity index (χ2v) is 4.86. The van der Waals surface area contributed by atoms with Gasteiger partial charge in [0.05, 0.1) is 6.54 Å². The Morgan fingerprint density at radius 2 is 2.36 bits per heavy atom. The molecule has 14 heavy (non-hydrogen) atoms. The summed E-state index contributed by atoms with van der Waals surface area (Å²) >= 11 is 0. The van der Waals surface area contributed by atoms with Crippen molar-refractivity contribution in [2.24, 2.45) is 11.1 Å². The molecule has 0 aromatic heterocycles. The lowest BCUT2D eigenvalue weighted by Crippen LogP contribution is -2.30. The van der Waals surface area contributed by atoms with Gasteiger partial charge in [0, 0.05) is 12.6 Å². The van der Waals surface area contributed by atoms with Crippen molar-refractivity contribution in [2.75, 3.05) is 19.6 Å². The van der Waals surface area contributed by atoms with E-state index >= 15 is 0 Å². The fourth-order valence-electron chi connectivity index (χ4n) is 2.98. The molecule has 0 aromatic rings. The average molecular weight is 198 g/mol. The maximum Gasteiger partial charge on any atom is 0.317 e. The van der Waals surface area contributed by atoms with Gasteiger partial charge < -0.3 is 10.8 Å². The summed E-state index contributed by atoms with van der Waals surface area (Å²) in [5.41, 5.74) is 6.26. The largest absolute Gasteiger partial charge is 0.480 e. The van der Waals surface area contributed by atoms with E-state index in [1.807, 2.05) is 4.90 Å². The van der Waals surface area contributed by atoms with Crippen LogP contribution in [0.3, 0.4) is 0 Å². The predicted octanol–water partition coefficient (Wildman–Crippen LogP) is 0.274. The molecule has 0 radical (unpaired) electrons. The molecule has 4 nitrogen and oxygen atoms in total. The number of nitrogens with two attached hydrogens (primary N) is 1. The molecule has 0 bridgehead atoms. The van der Waals surface area contributed by atoms with Crippen LogP contribution in [0, 0.1) is 5.41 Å². The normalized spacial score (nSPS) is 38.2. The highest BCUT2D eigenvalue weighted by atomic mass is 16.4. The summed E-state index contributed by atoms with van der Waals surface area (Å²) in [5.74, 6) is -0.718. The average Bonchev–Trinajstić information content (AvgIpc) is 2.60.